The number of carbonyl (C=O) groups is 2. The summed E-state index contributed by atoms with van der Waals surface area (Å²) in [6.07, 6.45) is 0.732. The fourth-order valence-electron chi connectivity index (χ4n) is 1.20. The van der Waals surface area contributed by atoms with Gasteiger partial charge in [0.1, 0.15) is 0 Å². The Kier molecular flexibility index (Phi) is 3.71. The van der Waals surface area contributed by atoms with Gasteiger partial charge >= 0.3 is 0 Å². The number of primary amides is 1. The van der Waals surface area contributed by atoms with Crippen molar-refractivity contribution >= 4 is 23.7 Å². The molecule has 0 saturated heterocycles. The van der Waals surface area contributed by atoms with Gasteiger partial charge in [0.05, 0.1) is 0 Å². The van der Waals surface area contributed by atoms with Crippen LogP contribution in [0, 0.1) is 0 Å². The fraction of sp³-hybridized carbons (Fsp3) is 0.200. The summed E-state index contributed by atoms with van der Waals surface area (Å²) in [5.41, 5.74) is 6.37. The molecule has 0 aliphatic carbocycles. The number of thiol groups is 1. The Hall–Kier alpha value is -1.29. The monoisotopic (exact) mass is 209 g/mol. The summed E-state index contributed by atoms with van der Waals surface area (Å²) >= 11 is 3.75. The van der Waals surface area contributed by atoms with Crippen molar-refractivity contribution in [3.05, 3.63) is 35.4 Å². The molecule has 1 amide bonds. The standard InChI is InChI=1S/C10H11NO2S/c11-9(12)6-5-7-3-1-2-4-8(7)10(13)14/h1-4H,5-6H2,(H2,11,12)(H,13,14). The molecule has 1 aromatic rings. The molecule has 2 N–H and O–H groups in total. The van der Waals surface area contributed by atoms with Crippen LogP contribution in [0.4, 0.5) is 0 Å². The van der Waals surface area contributed by atoms with E-state index in [0.29, 0.717) is 12.0 Å². The van der Waals surface area contributed by atoms with Crippen molar-refractivity contribution in [2.75, 3.05) is 0 Å². The van der Waals surface area contributed by atoms with Gasteiger partial charge in [0.25, 0.3) is 0 Å². The van der Waals surface area contributed by atoms with E-state index in [1.807, 2.05) is 6.07 Å². The second kappa shape index (κ2) is 4.81. The van der Waals surface area contributed by atoms with Gasteiger partial charge in [-0.3, -0.25) is 9.59 Å². The summed E-state index contributed by atoms with van der Waals surface area (Å²) in [7, 11) is 0. The quantitative estimate of drug-likeness (QED) is 0.731. The average Bonchev–Trinajstić information content (AvgIpc) is 2.15. The maximum Gasteiger partial charge on any atom is 0.217 e. The van der Waals surface area contributed by atoms with Crippen LogP contribution in [-0.4, -0.2) is 11.0 Å². The summed E-state index contributed by atoms with van der Waals surface area (Å²) in [5.74, 6) is -0.369. The maximum absolute atomic E-state index is 11.1. The van der Waals surface area contributed by atoms with Crippen molar-refractivity contribution in [1.29, 1.82) is 0 Å². The minimum atomic E-state index is -0.369. The molecule has 1 aromatic carbocycles. The molecule has 0 atom stereocenters. The highest BCUT2D eigenvalue weighted by Gasteiger charge is 2.07. The summed E-state index contributed by atoms with van der Waals surface area (Å²) in [4.78, 5) is 21.6. The molecule has 0 spiro atoms. The van der Waals surface area contributed by atoms with Crippen LogP contribution in [-0.2, 0) is 11.2 Å². The summed E-state index contributed by atoms with van der Waals surface area (Å²) in [6.45, 7) is 0. The van der Waals surface area contributed by atoms with Gasteiger partial charge in [-0.2, -0.15) is 0 Å². The fourth-order valence-corrected chi connectivity index (χ4v) is 1.42. The first-order valence-corrected chi connectivity index (χ1v) is 4.65. The third-order valence-electron chi connectivity index (χ3n) is 1.89. The van der Waals surface area contributed by atoms with E-state index in [1.165, 1.54) is 0 Å². The van der Waals surface area contributed by atoms with Crippen molar-refractivity contribution in [1.82, 2.24) is 0 Å². The van der Waals surface area contributed by atoms with Gasteiger partial charge in [-0.05, 0) is 12.0 Å². The number of aryl methyl sites for hydroxylation is 1. The van der Waals surface area contributed by atoms with E-state index in [-0.39, 0.29) is 17.4 Å². The normalized spacial score (nSPS) is 9.79. The molecule has 1 rings (SSSR count). The largest absolute Gasteiger partial charge is 0.370 e. The van der Waals surface area contributed by atoms with E-state index in [0.717, 1.165) is 5.56 Å². The Morgan fingerprint density at radius 1 is 1.29 bits per heavy atom. The number of hydrogen-bond acceptors (Lipinski definition) is 2. The molecule has 4 heteroatoms. The van der Waals surface area contributed by atoms with Gasteiger partial charge in [-0.15, -0.1) is 12.6 Å². The van der Waals surface area contributed by atoms with Gasteiger partial charge in [0, 0.05) is 12.0 Å². The van der Waals surface area contributed by atoms with E-state index in [9.17, 15) is 9.59 Å². The second-order valence-electron chi connectivity index (χ2n) is 2.93. The molecule has 0 unspecified atom stereocenters. The predicted octanol–water partition coefficient (Wildman–Crippen LogP) is 1.17. The van der Waals surface area contributed by atoms with Crippen molar-refractivity contribution < 1.29 is 9.59 Å². The summed E-state index contributed by atoms with van der Waals surface area (Å²) in [6, 6.07) is 7.06. The van der Waals surface area contributed by atoms with Gasteiger partial charge in [-0.25, -0.2) is 0 Å². The van der Waals surface area contributed by atoms with Crippen molar-refractivity contribution in [3.63, 3.8) is 0 Å². The molecular formula is C10H11NO2S. The Labute approximate surface area is 87.7 Å². The average molecular weight is 209 g/mol. The summed E-state index contributed by atoms with van der Waals surface area (Å²) < 4.78 is 0. The molecular weight excluding hydrogens is 198 g/mol. The lowest BCUT2D eigenvalue weighted by molar-refractivity contribution is -0.117. The lowest BCUT2D eigenvalue weighted by Crippen LogP contribution is -2.12. The Morgan fingerprint density at radius 2 is 1.93 bits per heavy atom. The first-order chi connectivity index (χ1) is 6.61. The highest BCUT2D eigenvalue weighted by Crippen LogP contribution is 2.13. The second-order valence-corrected chi connectivity index (χ2v) is 3.33. The van der Waals surface area contributed by atoms with Crippen LogP contribution in [0.1, 0.15) is 22.3 Å². The zero-order valence-corrected chi connectivity index (χ0v) is 8.46. The molecule has 3 nitrogen and oxygen atoms in total. The lowest BCUT2D eigenvalue weighted by Gasteiger charge is -2.03. The molecule has 0 bridgehead atoms. The van der Waals surface area contributed by atoms with Crippen LogP contribution < -0.4 is 5.73 Å². The van der Waals surface area contributed by atoms with Gasteiger partial charge in [0.15, 0.2) is 0 Å². The first-order valence-electron chi connectivity index (χ1n) is 4.20. The zero-order valence-electron chi connectivity index (χ0n) is 7.56. The number of rotatable bonds is 4. The van der Waals surface area contributed by atoms with Crippen LogP contribution in [0.15, 0.2) is 24.3 Å². The van der Waals surface area contributed by atoms with Crippen LogP contribution in [0.2, 0.25) is 0 Å². The minimum Gasteiger partial charge on any atom is -0.370 e. The van der Waals surface area contributed by atoms with Crippen LogP contribution in [0.3, 0.4) is 0 Å². The van der Waals surface area contributed by atoms with Crippen molar-refractivity contribution in [2.45, 2.75) is 12.8 Å². The van der Waals surface area contributed by atoms with Gasteiger partial charge in [0.2, 0.25) is 11.0 Å². The molecule has 0 fully saturated rings. The first kappa shape index (κ1) is 10.8. The third kappa shape index (κ3) is 2.88. The lowest BCUT2D eigenvalue weighted by atomic mass is 10.0. The topological polar surface area (TPSA) is 60.2 Å². The number of amides is 1. The molecule has 0 aliphatic rings. The van der Waals surface area contributed by atoms with E-state index >= 15 is 0 Å². The highest BCUT2D eigenvalue weighted by atomic mass is 32.1. The zero-order chi connectivity index (χ0) is 10.6. The SMILES string of the molecule is NC(=O)CCc1ccccc1C(=O)S. The van der Waals surface area contributed by atoms with Gasteiger partial charge < -0.3 is 5.73 Å². The molecule has 74 valence electrons. The van der Waals surface area contributed by atoms with E-state index in [1.54, 1.807) is 18.2 Å². The number of hydrogen-bond donors (Lipinski definition) is 2. The number of benzene rings is 1. The molecule has 0 radical (unpaired) electrons. The van der Waals surface area contributed by atoms with E-state index < -0.39 is 0 Å². The van der Waals surface area contributed by atoms with Gasteiger partial charge in [-0.1, -0.05) is 24.3 Å². The van der Waals surface area contributed by atoms with E-state index in [4.69, 9.17) is 5.73 Å². The molecule has 0 aliphatic heterocycles. The van der Waals surface area contributed by atoms with E-state index in [2.05, 4.69) is 12.6 Å². The van der Waals surface area contributed by atoms with Crippen LogP contribution in [0.5, 0.6) is 0 Å². The molecule has 0 saturated carbocycles. The van der Waals surface area contributed by atoms with Crippen LogP contribution >= 0.6 is 12.6 Å². The molecule has 14 heavy (non-hydrogen) atoms. The minimum absolute atomic E-state index is 0.248. The molecule has 0 heterocycles. The Bertz CT molecular complexity index is 363. The van der Waals surface area contributed by atoms with Crippen LogP contribution in [0.25, 0.3) is 0 Å². The highest BCUT2D eigenvalue weighted by molar-refractivity contribution is 7.97. The number of carbonyl (C=O) groups excluding carboxylic acids is 2. The third-order valence-corrected chi connectivity index (χ3v) is 2.13. The number of nitrogens with two attached hydrogens (primary N) is 1. The smallest absolute Gasteiger partial charge is 0.217 e. The van der Waals surface area contributed by atoms with Crippen molar-refractivity contribution in [3.8, 4) is 0 Å². The maximum atomic E-state index is 11.1. The molecule has 0 aromatic heterocycles. The van der Waals surface area contributed by atoms with Crippen molar-refractivity contribution in [2.24, 2.45) is 5.73 Å². The Balaban J connectivity index is 2.84. The Morgan fingerprint density at radius 3 is 2.50 bits per heavy atom. The predicted molar refractivity (Wildman–Crippen MR) is 57.3 cm³/mol. The summed E-state index contributed by atoms with van der Waals surface area (Å²) in [5, 5.41) is -0.287.